The van der Waals surface area contributed by atoms with Crippen molar-refractivity contribution in [2.75, 3.05) is 32.2 Å². The Labute approximate surface area is 155 Å². The van der Waals surface area contributed by atoms with Crippen LogP contribution >= 0.6 is 35.7 Å². The second-order valence-corrected chi connectivity index (χ2v) is 6.14. The van der Waals surface area contributed by atoms with Gasteiger partial charge in [-0.1, -0.05) is 32.0 Å². The molecule has 2 N–H and O–H groups in total. The average Bonchev–Trinajstić information content (AvgIpc) is 2.49. The first-order chi connectivity index (χ1) is 10.2. The van der Waals surface area contributed by atoms with Crippen molar-refractivity contribution < 1.29 is 4.74 Å². The summed E-state index contributed by atoms with van der Waals surface area (Å²) < 4.78 is 5.86. The number of nitrogens with one attached hydrogen (secondary N) is 2. The molecule has 22 heavy (non-hydrogen) atoms. The molecule has 1 aromatic carbocycles. The van der Waals surface area contributed by atoms with Crippen LogP contribution in [0.1, 0.15) is 19.4 Å². The summed E-state index contributed by atoms with van der Waals surface area (Å²) in [4.78, 5) is 4.22. The molecule has 4 nitrogen and oxygen atoms in total. The fraction of sp³-hybridized carbons (Fsp3) is 0.562. The lowest BCUT2D eigenvalue weighted by Gasteiger charge is -2.15. The molecule has 0 aliphatic carbocycles. The van der Waals surface area contributed by atoms with Crippen LogP contribution in [0.15, 0.2) is 29.3 Å². The van der Waals surface area contributed by atoms with Gasteiger partial charge in [-0.05, 0) is 18.2 Å². The van der Waals surface area contributed by atoms with E-state index in [2.05, 4.69) is 41.8 Å². The minimum absolute atomic E-state index is 0. The molecule has 0 atom stereocenters. The number of halogens is 1. The van der Waals surface area contributed by atoms with Crippen molar-refractivity contribution >= 4 is 41.7 Å². The van der Waals surface area contributed by atoms with Crippen LogP contribution in [-0.2, 0) is 6.54 Å². The zero-order valence-corrected chi connectivity index (χ0v) is 17.0. The Morgan fingerprint density at radius 2 is 2.00 bits per heavy atom. The summed E-state index contributed by atoms with van der Waals surface area (Å²) in [5.41, 5.74) is 1.14. The number of nitrogens with zero attached hydrogens (tertiary/aromatic N) is 1. The Kier molecular flexibility index (Phi) is 12.5. The summed E-state index contributed by atoms with van der Waals surface area (Å²) in [7, 11) is 1.79. The van der Waals surface area contributed by atoms with Gasteiger partial charge in [-0.3, -0.25) is 4.99 Å². The van der Waals surface area contributed by atoms with Gasteiger partial charge in [0.15, 0.2) is 5.96 Å². The molecule has 0 fully saturated rings. The van der Waals surface area contributed by atoms with E-state index in [1.54, 1.807) is 7.05 Å². The number of para-hydroxylation sites is 1. The fourth-order valence-electron chi connectivity index (χ4n) is 1.72. The van der Waals surface area contributed by atoms with Gasteiger partial charge in [-0.15, -0.1) is 24.0 Å². The van der Waals surface area contributed by atoms with E-state index in [1.165, 1.54) is 0 Å². The lowest BCUT2D eigenvalue weighted by molar-refractivity contribution is 0.268. The maximum Gasteiger partial charge on any atom is 0.191 e. The van der Waals surface area contributed by atoms with E-state index in [9.17, 15) is 0 Å². The third-order valence-corrected chi connectivity index (χ3v) is 3.43. The molecule has 0 spiro atoms. The Bertz CT molecular complexity index is 441. The van der Waals surface area contributed by atoms with Gasteiger partial charge >= 0.3 is 0 Å². The smallest absolute Gasteiger partial charge is 0.191 e. The van der Waals surface area contributed by atoms with Gasteiger partial charge in [0.2, 0.25) is 0 Å². The number of hydrogen-bond acceptors (Lipinski definition) is 3. The lowest BCUT2D eigenvalue weighted by Crippen LogP contribution is -2.38. The van der Waals surface area contributed by atoms with Crippen LogP contribution in [0.25, 0.3) is 0 Å². The molecule has 0 aliphatic heterocycles. The molecule has 1 rings (SSSR count). The zero-order chi connectivity index (χ0) is 15.5. The lowest BCUT2D eigenvalue weighted by atomic mass is 10.2. The maximum absolute atomic E-state index is 5.86. The van der Waals surface area contributed by atoms with Crippen molar-refractivity contribution in [1.29, 1.82) is 0 Å². The minimum Gasteiger partial charge on any atom is -0.493 e. The van der Waals surface area contributed by atoms with Gasteiger partial charge in [0.25, 0.3) is 0 Å². The van der Waals surface area contributed by atoms with Crippen LogP contribution in [0.4, 0.5) is 0 Å². The third-order valence-electron chi connectivity index (χ3n) is 2.81. The van der Waals surface area contributed by atoms with Crippen LogP contribution in [0, 0.1) is 5.92 Å². The van der Waals surface area contributed by atoms with Crippen molar-refractivity contribution in [2.24, 2.45) is 10.9 Å². The largest absolute Gasteiger partial charge is 0.493 e. The summed E-state index contributed by atoms with van der Waals surface area (Å²) in [5.74, 6) is 3.35. The first kappa shape index (κ1) is 21.4. The number of benzene rings is 1. The van der Waals surface area contributed by atoms with E-state index >= 15 is 0 Å². The normalized spacial score (nSPS) is 11.0. The zero-order valence-electron chi connectivity index (χ0n) is 13.9. The molecule has 1 aromatic rings. The van der Waals surface area contributed by atoms with Crippen molar-refractivity contribution in [3.8, 4) is 5.75 Å². The van der Waals surface area contributed by atoms with Crippen LogP contribution in [0.3, 0.4) is 0 Å². The maximum atomic E-state index is 5.86. The van der Waals surface area contributed by atoms with E-state index in [0.29, 0.717) is 12.5 Å². The second-order valence-electron chi connectivity index (χ2n) is 5.16. The minimum atomic E-state index is 0. The van der Waals surface area contributed by atoms with E-state index in [-0.39, 0.29) is 24.0 Å². The molecule has 6 heteroatoms. The van der Waals surface area contributed by atoms with Crippen molar-refractivity contribution in [1.82, 2.24) is 10.6 Å². The number of thioether (sulfide) groups is 1. The topological polar surface area (TPSA) is 45.7 Å². The van der Waals surface area contributed by atoms with Gasteiger partial charge in [0.1, 0.15) is 5.75 Å². The molecule has 0 saturated carbocycles. The Morgan fingerprint density at radius 1 is 1.27 bits per heavy atom. The first-order valence-electron chi connectivity index (χ1n) is 7.31. The van der Waals surface area contributed by atoms with Crippen LogP contribution < -0.4 is 15.4 Å². The fourth-order valence-corrected chi connectivity index (χ4v) is 2.02. The summed E-state index contributed by atoms with van der Waals surface area (Å²) in [6.45, 7) is 6.65. The first-order valence-corrected chi connectivity index (χ1v) is 8.71. The van der Waals surface area contributed by atoms with Crippen LogP contribution in [-0.4, -0.2) is 38.2 Å². The standard InChI is InChI=1S/C16H27N3OS.HI/c1-13(2)12-20-15-8-6-5-7-14(15)11-19-16(17-3)18-9-10-21-4;/h5-8,13H,9-12H2,1-4H3,(H2,17,18,19);1H. The van der Waals surface area contributed by atoms with Crippen molar-refractivity contribution in [3.63, 3.8) is 0 Å². The van der Waals surface area contributed by atoms with Crippen molar-refractivity contribution in [3.05, 3.63) is 29.8 Å². The molecule has 126 valence electrons. The molecule has 0 heterocycles. The number of guanidine groups is 1. The number of rotatable bonds is 8. The van der Waals surface area contributed by atoms with Gasteiger partial charge in [0, 0.05) is 31.5 Å². The summed E-state index contributed by atoms with van der Waals surface area (Å²) in [6.07, 6.45) is 2.10. The molecule has 0 radical (unpaired) electrons. The summed E-state index contributed by atoms with van der Waals surface area (Å²) >= 11 is 1.81. The number of aliphatic imine (C=N–C) groups is 1. The van der Waals surface area contributed by atoms with E-state index in [1.807, 2.05) is 30.0 Å². The molecular formula is C16H28IN3OS. The molecule has 0 aromatic heterocycles. The SMILES string of the molecule is CN=C(NCCSC)NCc1ccccc1OCC(C)C.I. The molecule has 0 bridgehead atoms. The third kappa shape index (κ3) is 8.73. The Hall–Kier alpha value is -0.630. The Balaban J connectivity index is 0.00000441. The van der Waals surface area contributed by atoms with Crippen LogP contribution in [0.2, 0.25) is 0 Å². The molecule has 0 unspecified atom stereocenters. The van der Waals surface area contributed by atoms with Crippen LogP contribution in [0.5, 0.6) is 5.75 Å². The summed E-state index contributed by atoms with van der Waals surface area (Å²) in [6, 6.07) is 8.13. The van der Waals surface area contributed by atoms with E-state index in [4.69, 9.17) is 4.74 Å². The predicted octanol–water partition coefficient (Wildman–Crippen LogP) is 3.37. The average molecular weight is 437 g/mol. The molecule has 0 saturated heterocycles. The highest BCUT2D eigenvalue weighted by Crippen LogP contribution is 2.18. The highest BCUT2D eigenvalue weighted by atomic mass is 127. The van der Waals surface area contributed by atoms with E-state index in [0.717, 1.165) is 36.2 Å². The number of ether oxygens (including phenoxy) is 1. The summed E-state index contributed by atoms with van der Waals surface area (Å²) in [5, 5.41) is 6.61. The van der Waals surface area contributed by atoms with Gasteiger partial charge in [-0.2, -0.15) is 11.8 Å². The molecule has 0 aliphatic rings. The monoisotopic (exact) mass is 437 g/mol. The van der Waals surface area contributed by atoms with Crippen molar-refractivity contribution in [2.45, 2.75) is 20.4 Å². The van der Waals surface area contributed by atoms with Gasteiger partial charge < -0.3 is 15.4 Å². The highest BCUT2D eigenvalue weighted by molar-refractivity contribution is 14.0. The highest BCUT2D eigenvalue weighted by Gasteiger charge is 2.05. The predicted molar refractivity (Wildman–Crippen MR) is 109 cm³/mol. The number of hydrogen-bond donors (Lipinski definition) is 2. The Morgan fingerprint density at radius 3 is 2.64 bits per heavy atom. The molecular weight excluding hydrogens is 409 g/mol. The van der Waals surface area contributed by atoms with E-state index < -0.39 is 0 Å². The quantitative estimate of drug-likeness (QED) is 0.283. The molecule has 0 amide bonds. The van der Waals surface area contributed by atoms with Gasteiger partial charge in [-0.25, -0.2) is 0 Å². The second kappa shape index (κ2) is 12.9. The van der Waals surface area contributed by atoms with Gasteiger partial charge in [0.05, 0.1) is 6.61 Å².